The van der Waals surface area contributed by atoms with E-state index >= 15 is 0 Å². The molecular weight excluding hydrogens is 490 g/mol. The third-order valence-electron chi connectivity index (χ3n) is 8.08. The van der Waals surface area contributed by atoms with Crippen molar-refractivity contribution >= 4 is 23.2 Å². The standard InChI is InChI=1S/C28H29N3O7/c1-31(2)22-17-12-14-11-16-13(6-8-15-5-3-4-10-30-15)7-9-18(32)20(16)23(33)19(14)25(35)28(17,38)26(36)21(24(22)34)27(29)37/h3-5,7,9-10,14,17,22,32-33,36,38H,6,8,11-12H2,1-2H3,(H2,29,37). The molecule has 1 saturated carbocycles. The van der Waals surface area contributed by atoms with E-state index in [2.05, 4.69) is 4.98 Å². The van der Waals surface area contributed by atoms with Crippen LogP contribution >= 0.6 is 0 Å². The van der Waals surface area contributed by atoms with Crippen molar-refractivity contribution in [3.05, 3.63) is 75.8 Å². The summed E-state index contributed by atoms with van der Waals surface area (Å²) in [6, 6.07) is 7.73. The average Bonchev–Trinajstić information content (AvgIpc) is 2.86. The van der Waals surface area contributed by atoms with Crippen LogP contribution < -0.4 is 5.73 Å². The largest absolute Gasteiger partial charge is 0.508 e. The first kappa shape index (κ1) is 25.6. The minimum atomic E-state index is -2.64. The Morgan fingerprint density at radius 3 is 2.50 bits per heavy atom. The fourth-order valence-corrected chi connectivity index (χ4v) is 6.35. The number of aliphatic hydroxyl groups excluding tert-OH is 2. The van der Waals surface area contributed by atoms with Gasteiger partial charge >= 0.3 is 0 Å². The maximum Gasteiger partial charge on any atom is 0.255 e. The van der Waals surface area contributed by atoms with E-state index in [1.165, 1.54) is 11.0 Å². The minimum Gasteiger partial charge on any atom is -0.508 e. The van der Waals surface area contributed by atoms with Crippen LogP contribution in [0.15, 0.2) is 53.4 Å². The van der Waals surface area contributed by atoms with Crippen molar-refractivity contribution in [2.24, 2.45) is 17.6 Å². The van der Waals surface area contributed by atoms with Crippen LogP contribution in [0.25, 0.3) is 5.76 Å². The fraction of sp³-hybridized carbons (Fsp3) is 0.357. The van der Waals surface area contributed by atoms with Gasteiger partial charge in [0.15, 0.2) is 11.4 Å². The number of hydrogen-bond donors (Lipinski definition) is 5. The van der Waals surface area contributed by atoms with Crippen LogP contribution in [0.2, 0.25) is 0 Å². The van der Waals surface area contributed by atoms with Crippen molar-refractivity contribution < 1.29 is 34.8 Å². The highest BCUT2D eigenvalue weighted by molar-refractivity contribution is 6.24. The molecule has 1 amide bonds. The van der Waals surface area contributed by atoms with Crippen molar-refractivity contribution in [2.45, 2.75) is 37.3 Å². The second-order valence-corrected chi connectivity index (χ2v) is 10.4. The summed E-state index contributed by atoms with van der Waals surface area (Å²) in [5.74, 6) is -6.57. The minimum absolute atomic E-state index is 0.0566. The number of carbonyl (C=O) groups excluding carboxylic acids is 3. The number of ketones is 2. The van der Waals surface area contributed by atoms with Gasteiger partial charge in [-0.15, -0.1) is 0 Å². The number of rotatable bonds is 5. The Labute approximate surface area is 218 Å². The third-order valence-corrected chi connectivity index (χ3v) is 8.08. The lowest BCUT2D eigenvalue weighted by Crippen LogP contribution is -2.65. The van der Waals surface area contributed by atoms with Crippen LogP contribution in [-0.4, -0.2) is 73.5 Å². The Morgan fingerprint density at radius 1 is 1.13 bits per heavy atom. The lowest BCUT2D eigenvalue weighted by atomic mass is 9.57. The summed E-state index contributed by atoms with van der Waals surface area (Å²) in [5, 5.41) is 44.6. The number of phenolic OH excluding ortho intramolecular Hbond substituents is 1. The van der Waals surface area contributed by atoms with Crippen molar-refractivity contribution in [2.75, 3.05) is 14.1 Å². The molecule has 10 heteroatoms. The Morgan fingerprint density at radius 2 is 1.87 bits per heavy atom. The molecule has 1 fully saturated rings. The van der Waals surface area contributed by atoms with E-state index in [4.69, 9.17) is 5.73 Å². The molecule has 10 nitrogen and oxygen atoms in total. The Balaban J connectivity index is 1.63. The van der Waals surface area contributed by atoms with E-state index in [9.17, 15) is 34.8 Å². The molecule has 198 valence electrons. The number of fused-ring (bicyclic) bond motifs is 3. The molecule has 38 heavy (non-hydrogen) atoms. The maximum absolute atomic E-state index is 13.9. The number of aryl methyl sites for hydroxylation is 2. The predicted octanol–water partition coefficient (Wildman–Crippen LogP) is 1.14. The number of amides is 1. The van der Waals surface area contributed by atoms with Gasteiger partial charge in [-0.2, -0.15) is 0 Å². The molecule has 2 aromatic rings. The van der Waals surface area contributed by atoms with Crippen LogP contribution in [-0.2, 0) is 33.6 Å². The third kappa shape index (κ3) is 3.63. The quantitative estimate of drug-likeness (QED) is 0.363. The zero-order chi connectivity index (χ0) is 27.5. The molecule has 0 aliphatic heterocycles. The molecular formula is C28H29N3O7. The van der Waals surface area contributed by atoms with E-state index in [0.29, 0.717) is 18.4 Å². The zero-order valence-electron chi connectivity index (χ0n) is 21.0. The molecule has 0 radical (unpaired) electrons. The number of Topliss-reactive ketones (excluding diaryl/α,β-unsaturated/α-hetero) is 2. The number of likely N-dealkylation sites (N-methyl/N-ethyl adjacent to an activating group) is 1. The average molecular weight is 520 g/mol. The summed E-state index contributed by atoms with van der Waals surface area (Å²) >= 11 is 0. The van der Waals surface area contributed by atoms with Crippen LogP contribution in [0, 0.1) is 11.8 Å². The Bertz CT molecular complexity index is 1430. The number of hydrogen-bond acceptors (Lipinski definition) is 9. The number of aliphatic hydroxyl groups is 3. The number of nitrogens with two attached hydrogens (primary N) is 1. The molecule has 1 aromatic carbocycles. The molecule has 6 N–H and O–H groups in total. The lowest BCUT2D eigenvalue weighted by molar-refractivity contribution is -0.153. The topological polar surface area (TPSA) is 174 Å². The monoisotopic (exact) mass is 519 g/mol. The van der Waals surface area contributed by atoms with Gasteiger partial charge in [0.1, 0.15) is 22.8 Å². The highest BCUT2D eigenvalue weighted by atomic mass is 16.3. The van der Waals surface area contributed by atoms with E-state index < -0.39 is 58.0 Å². The van der Waals surface area contributed by atoms with Crippen LogP contribution in [0.3, 0.4) is 0 Å². The van der Waals surface area contributed by atoms with Crippen molar-refractivity contribution in [1.29, 1.82) is 0 Å². The molecule has 1 heterocycles. The van der Waals surface area contributed by atoms with Gasteiger partial charge in [-0.25, -0.2) is 0 Å². The van der Waals surface area contributed by atoms with Crippen molar-refractivity contribution in [3.63, 3.8) is 0 Å². The van der Waals surface area contributed by atoms with E-state index in [-0.39, 0.29) is 29.7 Å². The predicted molar refractivity (Wildman–Crippen MR) is 136 cm³/mol. The maximum atomic E-state index is 13.9. The van der Waals surface area contributed by atoms with Gasteiger partial charge in [-0.1, -0.05) is 12.1 Å². The molecule has 4 atom stereocenters. The van der Waals surface area contributed by atoms with Crippen LogP contribution in [0.1, 0.15) is 28.8 Å². The molecule has 3 aliphatic rings. The number of benzene rings is 1. The number of nitrogens with zero attached hydrogens (tertiary/aromatic N) is 2. The van der Waals surface area contributed by atoms with Gasteiger partial charge in [0.05, 0.1) is 11.6 Å². The summed E-state index contributed by atoms with van der Waals surface area (Å²) in [6.45, 7) is 0. The number of phenols is 1. The van der Waals surface area contributed by atoms with Gasteiger partial charge in [0.2, 0.25) is 5.78 Å². The van der Waals surface area contributed by atoms with Gasteiger partial charge < -0.3 is 26.2 Å². The molecule has 4 unspecified atom stereocenters. The molecule has 5 rings (SSSR count). The Kier molecular flexibility index (Phi) is 6.12. The van der Waals surface area contributed by atoms with Gasteiger partial charge in [0.25, 0.3) is 5.91 Å². The molecule has 3 aliphatic carbocycles. The van der Waals surface area contributed by atoms with Gasteiger partial charge in [-0.3, -0.25) is 24.3 Å². The van der Waals surface area contributed by atoms with E-state index in [0.717, 1.165) is 11.3 Å². The van der Waals surface area contributed by atoms with Crippen LogP contribution in [0.5, 0.6) is 5.75 Å². The molecule has 0 saturated heterocycles. The summed E-state index contributed by atoms with van der Waals surface area (Å²) in [6.07, 6.45) is 3.21. The summed E-state index contributed by atoms with van der Waals surface area (Å²) in [7, 11) is 3.14. The number of aromatic hydroxyl groups is 1. The number of carbonyl (C=O) groups is 3. The number of pyridine rings is 1. The SMILES string of the molecule is CN(C)C1C(=O)C(C(N)=O)=C(O)C2(O)C(=O)C3=C(O)c4c(O)ccc(CCc5ccccn5)c4CC3CC12. The van der Waals surface area contributed by atoms with Crippen molar-refractivity contribution in [1.82, 2.24) is 9.88 Å². The lowest BCUT2D eigenvalue weighted by Gasteiger charge is -2.50. The second-order valence-electron chi connectivity index (χ2n) is 10.4. The summed E-state index contributed by atoms with van der Waals surface area (Å²) in [4.78, 5) is 44.9. The normalized spacial score (nSPS) is 26.8. The molecule has 0 bridgehead atoms. The first-order chi connectivity index (χ1) is 18.0. The molecule has 1 aromatic heterocycles. The summed E-state index contributed by atoms with van der Waals surface area (Å²) in [5.41, 5.74) is 4.24. The second kappa shape index (κ2) is 9.07. The highest BCUT2D eigenvalue weighted by Crippen LogP contribution is 2.53. The molecule has 0 spiro atoms. The van der Waals surface area contributed by atoms with E-state index in [1.807, 2.05) is 18.2 Å². The van der Waals surface area contributed by atoms with Crippen LogP contribution in [0.4, 0.5) is 0 Å². The summed E-state index contributed by atoms with van der Waals surface area (Å²) < 4.78 is 0. The highest BCUT2D eigenvalue weighted by Gasteiger charge is 2.64. The first-order valence-corrected chi connectivity index (χ1v) is 12.4. The fourth-order valence-electron chi connectivity index (χ4n) is 6.35. The Hall–Kier alpha value is -4.02. The zero-order valence-corrected chi connectivity index (χ0v) is 21.0. The van der Waals surface area contributed by atoms with Gasteiger partial charge in [-0.05, 0) is 75.0 Å². The number of primary amides is 1. The smallest absolute Gasteiger partial charge is 0.255 e. The van der Waals surface area contributed by atoms with Crippen molar-refractivity contribution in [3.8, 4) is 5.75 Å². The first-order valence-electron chi connectivity index (χ1n) is 12.4. The van der Waals surface area contributed by atoms with E-state index in [1.54, 1.807) is 26.4 Å². The van der Waals surface area contributed by atoms with Gasteiger partial charge in [0, 0.05) is 23.4 Å². The number of aromatic nitrogens is 1.